The number of hydrogen-bond donors (Lipinski definition) is 2. The van der Waals surface area contributed by atoms with Crippen molar-refractivity contribution in [1.29, 1.82) is 0 Å². The Bertz CT molecular complexity index is 478. The van der Waals surface area contributed by atoms with Gasteiger partial charge in [0.05, 0.1) is 14.2 Å². The molecule has 0 aliphatic rings. The number of carbonyl (C=O) groups is 1. The van der Waals surface area contributed by atoms with Gasteiger partial charge in [-0.15, -0.1) is 0 Å². The van der Waals surface area contributed by atoms with Crippen LogP contribution in [-0.2, 0) is 20.7 Å². The molecule has 7 heteroatoms. The van der Waals surface area contributed by atoms with Crippen molar-refractivity contribution < 1.29 is 29.1 Å². The summed E-state index contributed by atoms with van der Waals surface area (Å²) in [5.41, 5.74) is 1.07. The minimum absolute atomic E-state index is 0.0172. The molecule has 0 saturated carbocycles. The van der Waals surface area contributed by atoms with Crippen LogP contribution in [0.25, 0.3) is 0 Å². The van der Waals surface area contributed by atoms with Crippen LogP contribution < -0.4 is 20.1 Å². The van der Waals surface area contributed by atoms with Crippen molar-refractivity contribution in [1.82, 2.24) is 5.32 Å². The SMILES string of the molecule is COc1ccc(CCNC(=O)C[NH2+]CC(OC)OC)cc1OC. The number of nitrogens with one attached hydrogen (secondary N) is 1. The second-order valence-electron chi connectivity index (χ2n) is 4.92. The highest BCUT2D eigenvalue weighted by molar-refractivity contribution is 5.76. The van der Waals surface area contributed by atoms with Crippen molar-refractivity contribution >= 4 is 5.91 Å². The third kappa shape index (κ3) is 6.85. The van der Waals surface area contributed by atoms with Crippen LogP contribution in [0.2, 0.25) is 0 Å². The smallest absolute Gasteiger partial charge is 0.275 e. The molecule has 1 amide bonds. The second-order valence-corrected chi connectivity index (χ2v) is 4.92. The number of hydrogen-bond acceptors (Lipinski definition) is 5. The van der Waals surface area contributed by atoms with E-state index in [1.165, 1.54) is 0 Å². The first kappa shape index (κ1) is 19.2. The summed E-state index contributed by atoms with van der Waals surface area (Å²) in [6, 6.07) is 5.74. The second kappa shape index (κ2) is 10.8. The van der Waals surface area contributed by atoms with Crippen molar-refractivity contribution in [2.45, 2.75) is 12.7 Å². The molecule has 7 nitrogen and oxygen atoms in total. The van der Waals surface area contributed by atoms with E-state index in [0.717, 1.165) is 12.0 Å². The lowest BCUT2D eigenvalue weighted by Gasteiger charge is -2.12. The highest BCUT2D eigenvalue weighted by atomic mass is 16.7. The van der Waals surface area contributed by atoms with Gasteiger partial charge in [-0.25, -0.2) is 0 Å². The summed E-state index contributed by atoms with van der Waals surface area (Å²) in [6.07, 6.45) is 0.430. The molecule has 0 spiro atoms. The van der Waals surface area contributed by atoms with Gasteiger partial charge < -0.3 is 29.6 Å². The van der Waals surface area contributed by atoms with Gasteiger partial charge in [0.15, 0.2) is 18.0 Å². The van der Waals surface area contributed by atoms with E-state index in [1.54, 1.807) is 28.4 Å². The zero-order valence-electron chi connectivity index (χ0n) is 14.3. The predicted molar refractivity (Wildman–Crippen MR) is 85.7 cm³/mol. The van der Waals surface area contributed by atoms with Crippen molar-refractivity contribution in [2.24, 2.45) is 0 Å². The molecule has 1 rings (SSSR count). The maximum atomic E-state index is 11.7. The summed E-state index contributed by atoms with van der Waals surface area (Å²) < 4.78 is 20.6. The van der Waals surface area contributed by atoms with Gasteiger partial charge >= 0.3 is 0 Å². The van der Waals surface area contributed by atoms with E-state index in [-0.39, 0.29) is 12.2 Å². The molecule has 0 unspecified atom stereocenters. The van der Waals surface area contributed by atoms with Gasteiger partial charge in [0.2, 0.25) is 6.29 Å². The number of carbonyl (C=O) groups excluding carboxylic acids is 1. The number of benzene rings is 1. The summed E-state index contributed by atoms with van der Waals surface area (Å²) >= 11 is 0. The molecular formula is C16H27N2O5+. The lowest BCUT2D eigenvalue weighted by atomic mass is 10.1. The van der Waals surface area contributed by atoms with Crippen molar-refractivity contribution in [2.75, 3.05) is 48.1 Å². The first-order valence-corrected chi connectivity index (χ1v) is 7.49. The van der Waals surface area contributed by atoms with E-state index in [1.807, 2.05) is 23.5 Å². The Hall–Kier alpha value is -1.83. The Morgan fingerprint density at radius 1 is 1.13 bits per heavy atom. The number of amides is 1. The number of rotatable bonds is 11. The van der Waals surface area contributed by atoms with Gasteiger partial charge in [0.25, 0.3) is 5.91 Å². The summed E-state index contributed by atoms with van der Waals surface area (Å²) in [4.78, 5) is 11.7. The Kier molecular flexibility index (Phi) is 9.04. The molecule has 0 aliphatic heterocycles. The van der Waals surface area contributed by atoms with Gasteiger partial charge in [-0.05, 0) is 24.1 Å². The quantitative estimate of drug-likeness (QED) is 0.538. The van der Waals surface area contributed by atoms with Crippen LogP contribution in [0.3, 0.4) is 0 Å². The molecule has 3 N–H and O–H groups in total. The maximum Gasteiger partial charge on any atom is 0.275 e. The Morgan fingerprint density at radius 2 is 1.83 bits per heavy atom. The number of quaternary nitrogens is 1. The van der Waals surface area contributed by atoms with Gasteiger partial charge in [0.1, 0.15) is 6.54 Å². The molecule has 0 fully saturated rings. The fraction of sp³-hybridized carbons (Fsp3) is 0.562. The summed E-state index contributed by atoms with van der Waals surface area (Å²) in [6.45, 7) is 1.49. The fourth-order valence-corrected chi connectivity index (χ4v) is 2.09. The third-order valence-electron chi connectivity index (χ3n) is 3.40. The zero-order valence-corrected chi connectivity index (χ0v) is 14.3. The fourth-order valence-electron chi connectivity index (χ4n) is 2.09. The monoisotopic (exact) mass is 327 g/mol. The third-order valence-corrected chi connectivity index (χ3v) is 3.40. The van der Waals surface area contributed by atoms with Crippen molar-refractivity contribution in [3.63, 3.8) is 0 Å². The van der Waals surface area contributed by atoms with Gasteiger partial charge in [0, 0.05) is 20.8 Å². The van der Waals surface area contributed by atoms with Crippen LogP contribution in [0.15, 0.2) is 18.2 Å². The van der Waals surface area contributed by atoms with Crippen LogP contribution in [0.5, 0.6) is 11.5 Å². The normalized spacial score (nSPS) is 10.7. The first-order valence-electron chi connectivity index (χ1n) is 7.49. The van der Waals surface area contributed by atoms with Crippen LogP contribution in [0, 0.1) is 0 Å². The minimum Gasteiger partial charge on any atom is -0.493 e. The Balaban J connectivity index is 2.29. The molecule has 0 aliphatic carbocycles. The molecule has 0 radical (unpaired) electrons. The van der Waals surface area contributed by atoms with Gasteiger partial charge in [-0.1, -0.05) is 6.07 Å². The molecule has 130 valence electrons. The van der Waals surface area contributed by atoms with Crippen LogP contribution in [0.1, 0.15) is 5.56 Å². The Morgan fingerprint density at radius 3 is 2.43 bits per heavy atom. The van der Waals surface area contributed by atoms with Crippen LogP contribution in [0.4, 0.5) is 0 Å². The molecule has 0 atom stereocenters. The molecular weight excluding hydrogens is 300 g/mol. The molecule has 0 bridgehead atoms. The van der Waals surface area contributed by atoms with E-state index in [4.69, 9.17) is 18.9 Å². The van der Waals surface area contributed by atoms with Crippen molar-refractivity contribution in [3.05, 3.63) is 23.8 Å². The van der Waals surface area contributed by atoms with E-state index in [9.17, 15) is 4.79 Å². The van der Waals surface area contributed by atoms with Crippen molar-refractivity contribution in [3.8, 4) is 11.5 Å². The van der Waals surface area contributed by atoms with E-state index in [0.29, 0.717) is 31.1 Å². The van der Waals surface area contributed by atoms with Gasteiger partial charge in [-0.3, -0.25) is 4.79 Å². The lowest BCUT2D eigenvalue weighted by Crippen LogP contribution is -2.88. The number of nitrogens with two attached hydrogens (primary N) is 1. The largest absolute Gasteiger partial charge is 0.493 e. The summed E-state index contributed by atoms with van der Waals surface area (Å²) in [7, 11) is 6.36. The van der Waals surface area contributed by atoms with E-state index >= 15 is 0 Å². The predicted octanol–water partition coefficient (Wildman–Crippen LogP) is -0.455. The number of methoxy groups -OCH3 is 4. The maximum absolute atomic E-state index is 11.7. The first-order chi connectivity index (χ1) is 11.1. The van der Waals surface area contributed by atoms with E-state index < -0.39 is 0 Å². The minimum atomic E-state index is -0.297. The molecule has 1 aromatic rings. The zero-order chi connectivity index (χ0) is 17.1. The topological polar surface area (TPSA) is 82.6 Å². The summed E-state index contributed by atoms with van der Waals surface area (Å²) in [5.74, 6) is 1.37. The van der Waals surface area contributed by atoms with Crippen LogP contribution >= 0.6 is 0 Å². The molecule has 0 saturated heterocycles. The number of ether oxygens (including phenoxy) is 4. The molecule has 0 heterocycles. The lowest BCUT2D eigenvalue weighted by molar-refractivity contribution is -0.657. The molecule has 0 aromatic heterocycles. The highest BCUT2D eigenvalue weighted by Crippen LogP contribution is 2.27. The molecule has 1 aromatic carbocycles. The highest BCUT2D eigenvalue weighted by Gasteiger charge is 2.10. The standard InChI is InChI=1S/C16H26N2O5/c1-20-13-6-5-12(9-14(13)21-2)7-8-18-15(19)10-17-11-16(22-3)23-4/h5-6,9,16-17H,7-8,10-11H2,1-4H3,(H,18,19)/p+1. The van der Waals surface area contributed by atoms with Crippen LogP contribution in [-0.4, -0.2) is 60.3 Å². The average molecular weight is 327 g/mol. The Labute approximate surface area is 137 Å². The average Bonchev–Trinajstić information content (AvgIpc) is 2.58. The molecule has 23 heavy (non-hydrogen) atoms. The van der Waals surface area contributed by atoms with Gasteiger partial charge in [-0.2, -0.15) is 0 Å². The van der Waals surface area contributed by atoms with E-state index in [2.05, 4.69) is 5.32 Å². The summed E-state index contributed by atoms with van der Waals surface area (Å²) in [5, 5.41) is 4.73.